The fraction of sp³-hybridized carbons (Fsp3) is 0.273. The van der Waals surface area contributed by atoms with Crippen LogP contribution in [0, 0.1) is 6.92 Å². The standard InChI is InChI=1S/C22H23N3O2/c1-15-23-21(25-20-12-5-8-16-7-3-4-11-19(16)20)14-22(24-15)27-18-10-6-9-17(13-18)26-2/h3-4,6-7,9-11,13-14,20H,5,8,12H2,1-2H3,(H,23,24,25). The Balaban J connectivity index is 1.56. The van der Waals surface area contributed by atoms with Crippen molar-refractivity contribution < 1.29 is 9.47 Å². The lowest BCUT2D eigenvalue weighted by atomic mass is 9.88. The molecule has 1 N–H and O–H groups in total. The van der Waals surface area contributed by atoms with Crippen molar-refractivity contribution in [3.8, 4) is 17.4 Å². The van der Waals surface area contributed by atoms with Gasteiger partial charge in [-0.3, -0.25) is 0 Å². The van der Waals surface area contributed by atoms with Crippen LogP contribution < -0.4 is 14.8 Å². The van der Waals surface area contributed by atoms with E-state index in [1.54, 1.807) is 7.11 Å². The van der Waals surface area contributed by atoms with Gasteiger partial charge in [0, 0.05) is 12.1 Å². The second-order valence-corrected chi connectivity index (χ2v) is 6.71. The van der Waals surface area contributed by atoms with E-state index >= 15 is 0 Å². The van der Waals surface area contributed by atoms with E-state index in [-0.39, 0.29) is 6.04 Å². The van der Waals surface area contributed by atoms with Crippen LogP contribution in [0.3, 0.4) is 0 Å². The van der Waals surface area contributed by atoms with Crippen LogP contribution in [0.25, 0.3) is 0 Å². The van der Waals surface area contributed by atoms with Crippen LogP contribution >= 0.6 is 0 Å². The summed E-state index contributed by atoms with van der Waals surface area (Å²) in [6.07, 6.45) is 3.40. The highest BCUT2D eigenvalue weighted by atomic mass is 16.5. The molecule has 0 fully saturated rings. The van der Waals surface area contributed by atoms with E-state index in [9.17, 15) is 0 Å². The van der Waals surface area contributed by atoms with Crippen molar-refractivity contribution in [1.29, 1.82) is 0 Å². The van der Waals surface area contributed by atoms with Crippen molar-refractivity contribution in [1.82, 2.24) is 9.97 Å². The number of nitrogens with zero attached hydrogens (tertiary/aromatic N) is 2. The molecule has 0 saturated heterocycles. The number of fused-ring (bicyclic) bond motifs is 1. The number of methoxy groups -OCH3 is 1. The molecule has 4 rings (SSSR count). The summed E-state index contributed by atoms with van der Waals surface area (Å²) in [4.78, 5) is 8.96. The lowest BCUT2D eigenvalue weighted by Gasteiger charge is -2.27. The van der Waals surface area contributed by atoms with E-state index < -0.39 is 0 Å². The highest BCUT2D eigenvalue weighted by Crippen LogP contribution is 2.33. The molecule has 0 saturated carbocycles. The summed E-state index contributed by atoms with van der Waals surface area (Å²) in [7, 11) is 1.64. The van der Waals surface area contributed by atoms with Crippen molar-refractivity contribution in [2.75, 3.05) is 12.4 Å². The lowest BCUT2D eigenvalue weighted by Crippen LogP contribution is -2.18. The van der Waals surface area contributed by atoms with Crippen LogP contribution in [-0.4, -0.2) is 17.1 Å². The van der Waals surface area contributed by atoms with Crippen LogP contribution in [0.1, 0.15) is 35.8 Å². The first-order valence-electron chi connectivity index (χ1n) is 9.23. The zero-order chi connectivity index (χ0) is 18.6. The average molecular weight is 361 g/mol. The first-order valence-corrected chi connectivity index (χ1v) is 9.23. The van der Waals surface area contributed by atoms with Crippen molar-refractivity contribution in [3.63, 3.8) is 0 Å². The molecule has 1 heterocycles. The maximum Gasteiger partial charge on any atom is 0.224 e. The number of benzene rings is 2. The Bertz CT molecular complexity index is 942. The molecule has 1 atom stereocenters. The summed E-state index contributed by atoms with van der Waals surface area (Å²) >= 11 is 0. The van der Waals surface area contributed by atoms with Gasteiger partial charge in [0.2, 0.25) is 5.88 Å². The summed E-state index contributed by atoms with van der Waals surface area (Å²) in [6.45, 7) is 1.87. The molecule has 5 nitrogen and oxygen atoms in total. The number of rotatable bonds is 5. The van der Waals surface area contributed by atoms with E-state index in [2.05, 4.69) is 39.6 Å². The lowest BCUT2D eigenvalue weighted by molar-refractivity contribution is 0.407. The zero-order valence-corrected chi connectivity index (χ0v) is 15.6. The van der Waals surface area contributed by atoms with Crippen LogP contribution in [0.5, 0.6) is 17.4 Å². The molecule has 1 aliphatic rings. The summed E-state index contributed by atoms with van der Waals surface area (Å²) in [5, 5.41) is 3.57. The second kappa shape index (κ2) is 7.66. The quantitative estimate of drug-likeness (QED) is 0.687. The maximum absolute atomic E-state index is 5.93. The predicted octanol–water partition coefficient (Wildman–Crippen LogP) is 5.08. The van der Waals surface area contributed by atoms with Gasteiger partial charge in [-0.05, 0) is 49.4 Å². The number of ether oxygens (including phenoxy) is 2. The van der Waals surface area contributed by atoms with E-state index in [0.29, 0.717) is 17.5 Å². The van der Waals surface area contributed by atoms with Gasteiger partial charge in [-0.2, -0.15) is 4.98 Å². The van der Waals surface area contributed by atoms with Gasteiger partial charge in [0.05, 0.1) is 13.2 Å². The largest absolute Gasteiger partial charge is 0.497 e. The number of hydrogen-bond acceptors (Lipinski definition) is 5. The molecule has 0 spiro atoms. The topological polar surface area (TPSA) is 56.3 Å². The highest BCUT2D eigenvalue weighted by molar-refractivity contribution is 5.45. The van der Waals surface area contributed by atoms with Crippen molar-refractivity contribution >= 4 is 5.82 Å². The van der Waals surface area contributed by atoms with E-state index in [4.69, 9.17) is 9.47 Å². The average Bonchev–Trinajstić information content (AvgIpc) is 2.68. The number of hydrogen-bond donors (Lipinski definition) is 1. The number of nitrogens with one attached hydrogen (secondary N) is 1. The Morgan fingerprint density at radius 1 is 1.00 bits per heavy atom. The van der Waals surface area contributed by atoms with Gasteiger partial charge < -0.3 is 14.8 Å². The molecular formula is C22H23N3O2. The van der Waals surface area contributed by atoms with Gasteiger partial charge in [-0.25, -0.2) is 4.98 Å². The fourth-order valence-electron chi connectivity index (χ4n) is 3.53. The molecule has 1 aromatic heterocycles. The Morgan fingerprint density at radius 2 is 1.85 bits per heavy atom. The van der Waals surface area contributed by atoms with E-state index in [0.717, 1.165) is 24.4 Å². The molecule has 0 aliphatic heterocycles. The van der Waals surface area contributed by atoms with Gasteiger partial charge in [0.15, 0.2) is 0 Å². The Labute approximate surface area is 159 Å². The molecular weight excluding hydrogens is 338 g/mol. The molecule has 2 aromatic carbocycles. The van der Waals surface area contributed by atoms with Crippen LogP contribution in [0.4, 0.5) is 5.82 Å². The minimum atomic E-state index is 0.258. The summed E-state index contributed by atoms with van der Waals surface area (Å²) in [5.41, 5.74) is 2.77. The van der Waals surface area contributed by atoms with Gasteiger partial charge in [0.25, 0.3) is 0 Å². The van der Waals surface area contributed by atoms with Gasteiger partial charge in [-0.15, -0.1) is 0 Å². The second-order valence-electron chi connectivity index (χ2n) is 6.71. The minimum absolute atomic E-state index is 0.258. The van der Waals surface area contributed by atoms with Crippen LogP contribution in [0.15, 0.2) is 54.6 Å². The van der Waals surface area contributed by atoms with Gasteiger partial charge in [-0.1, -0.05) is 30.3 Å². The SMILES string of the molecule is COc1cccc(Oc2cc(NC3CCCc4ccccc43)nc(C)n2)c1. The van der Waals surface area contributed by atoms with Gasteiger partial charge >= 0.3 is 0 Å². The third-order valence-corrected chi connectivity index (χ3v) is 4.77. The molecule has 1 aliphatic carbocycles. The summed E-state index contributed by atoms with van der Waals surface area (Å²) in [5.74, 6) is 3.39. The first kappa shape index (κ1) is 17.3. The maximum atomic E-state index is 5.93. The molecule has 1 unspecified atom stereocenters. The highest BCUT2D eigenvalue weighted by Gasteiger charge is 2.20. The monoisotopic (exact) mass is 361 g/mol. The molecule has 27 heavy (non-hydrogen) atoms. The van der Waals surface area contributed by atoms with Crippen molar-refractivity contribution in [2.45, 2.75) is 32.2 Å². The van der Waals surface area contributed by atoms with Crippen LogP contribution in [0.2, 0.25) is 0 Å². The Hall–Kier alpha value is -3.08. The van der Waals surface area contributed by atoms with Crippen molar-refractivity contribution in [3.05, 3.63) is 71.5 Å². The smallest absolute Gasteiger partial charge is 0.224 e. The molecule has 0 bridgehead atoms. The number of aryl methyl sites for hydroxylation is 2. The van der Waals surface area contributed by atoms with Crippen LogP contribution in [-0.2, 0) is 6.42 Å². The third-order valence-electron chi connectivity index (χ3n) is 4.77. The molecule has 0 amide bonds. The molecule has 5 heteroatoms. The zero-order valence-electron chi connectivity index (χ0n) is 15.6. The molecule has 138 valence electrons. The normalized spacial score (nSPS) is 15.7. The summed E-state index contributed by atoms with van der Waals surface area (Å²) < 4.78 is 11.2. The predicted molar refractivity (Wildman–Crippen MR) is 106 cm³/mol. The third kappa shape index (κ3) is 4.03. The Kier molecular flexibility index (Phi) is 4.92. The van der Waals surface area contributed by atoms with Crippen molar-refractivity contribution in [2.24, 2.45) is 0 Å². The first-order chi connectivity index (χ1) is 13.2. The number of aromatic nitrogens is 2. The fourth-order valence-corrected chi connectivity index (χ4v) is 3.53. The summed E-state index contributed by atoms with van der Waals surface area (Å²) in [6, 6.07) is 18.2. The van der Waals surface area contributed by atoms with E-state index in [1.807, 2.05) is 37.3 Å². The number of anilines is 1. The molecule has 3 aromatic rings. The van der Waals surface area contributed by atoms with E-state index in [1.165, 1.54) is 17.5 Å². The van der Waals surface area contributed by atoms with Gasteiger partial charge in [0.1, 0.15) is 23.1 Å². The minimum Gasteiger partial charge on any atom is -0.497 e. The Morgan fingerprint density at radius 3 is 2.74 bits per heavy atom. The molecule has 0 radical (unpaired) electrons.